The van der Waals surface area contributed by atoms with Crippen LogP contribution in [-0.2, 0) is 15.0 Å². The first-order chi connectivity index (χ1) is 19.6. The van der Waals surface area contributed by atoms with Crippen LogP contribution in [0.4, 0.5) is 11.4 Å². The lowest BCUT2D eigenvalue weighted by Crippen LogP contribution is -2.51. The van der Waals surface area contributed by atoms with E-state index in [1.165, 1.54) is 4.90 Å². The predicted molar refractivity (Wildman–Crippen MR) is 159 cm³/mol. The van der Waals surface area contributed by atoms with Crippen molar-refractivity contribution in [3.05, 3.63) is 143 Å². The summed E-state index contributed by atoms with van der Waals surface area (Å²) in [6, 6.07) is 37.7. The maximum absolute atomic E-state index is 14.8. The number of aliphatic imine (C=N–C) groups is 1. The standard InChI is InChI=1S/C35H23ClN2O2/c36-24-9-6-10-25(19-24)37-20-35-23-17-15-22(16-18-23)30(27-12-3-4-13-28(27)35)31-32(35)34(40)38(33(31)39)29-14-5-8-21-7-1-2-11-26(21)29/h1-20,30-32H/t30-,31-,32+,35-/m0/s1. The minimum absolute atomic E-state index is 0.158. The molecule has 0 N–H and O–H groups in total. The van der Waals surface area contributed by atoms with Gasteiger partial charge < -0.3 is 0 Å². The molecule has 4 nitrogen and oxygen atoms in total. The van der Waals surface area contributed by atoms with E-state index in [9.17, 15) is 9.59 Å². The van der Waals surface area contributed by atoms with Crippen LogP contribution in [0.3, 0.4) is 0 Å². The van der Waals surface area contributed by atoms with Crippen molar-refractivity contribution in [2.75, 3.05) is 4.90 Å². The molecule has 40 heavy (non-hydrogen) atoms. The second-order valence-corrected chi connectivity index (χ2v) is 11.2. The van der Waals surface area contributed by atoms with E-state index in [-0.39, 0.29) is 17.7 Å². The average Bonchev–Trinajstić information content (AvgIpc) is 3.23. The lowest BCUT2D eigenvalue weighted by molar-refractivity contribution is -0.122. The van der Waals surface area contributed by atoms with E-state index < -0.39 is 17.3 Å². The van der Waals surface area contributed by atoms with Crippen LogP contribution < -0.4 is 4.90 Å². The number of amides is 2. The van der Waals surface area contributed by atoms with Gasteiger partial charge in [-0.05, 0) is 51.9 Å². The largest absolute Gasteiger partial charge is 0.274 e. The van der Waals surface area contributed by atoms with Crippen molar-refractivity contribution >= 4 is 51.8 Å². The molecule has 4 atom stereocenters. The van der Waals surface area contributed by atoms with Gasteiger partial charge in [0.25, 0.3) is 0 Å². The molecule has 2 amide bonds. The van der Waals surface area contributed by atoms with Gasteiger partial charge in [0.2, 0.25) is 11.8 Å². The molecule has 1 fully saturated rings. The van der Waals surface area contributed by atoms with Crippen molar-refractivity contribution in [2.24, 2.45) is 16.8 Å². The number of rotatable bonds is 3. The lowest BCUT2D eigenvalue weighted by Gasteiger charge is -2.48. The summed E-state index contributed by atoms with van der Waals surface area (Å²) in [6.45, 7) is 0. The Morgan fingerprint density at radius 3 is 2.38 bits per heavy atom. The smallest absolute Gasteiger partial charge is 0.239 e. The second-order valence-electron chi connectivity index (χ2n) is 10.8. The second kappa shape index (κ2) is 8.48. The molecule has 0 spiro atoms. The zero-order valence-corrected chi connectivity index (χ0v) is 22.1. The van der Waals surface area contributed by atoms with Gasteiger partial charge >= 0.3 is 0 Å². The molecule has 5 aliphatic carbocycles. The van der Waals surface area contributed by atoms with Gasteiger partial charge in [-0.25, -0.2) is 4.90 Å². The number of imide groups is 1. The molecule has 5 aromatic carbocycles. The first kappa shape index (κ1) is 23.4. The fraction of sp³-hybridized carbons (Fsp3) is 0.114. The normalized spacial score (nSPS) is 24.4. The van der Waals surface area contributed by atoms with Crippen LogP contribution in [0.1, 0.15) is 28.2 Å². The number of carbonyl (C=O) groups excluding carboxylic acids is 2. The van der Waals surface area contributed by atoms with Crippen LogP contribution >= 0.6 is 11.6 Å². The Hall–Kier alpha value is -4.54. The summed E-state index contributed by atoms with van der Waals surface area (Å²) in [6.07, 6.45) is 1.89. The molecule has 5 aromatic rings. The third-order valence-corrected chi connectivity index (χ3v) is 9.16. The highest BCUT2D eigenvalue weighted by molar-refractivity contribution is 6.31. The van der Waals surface area contributed by atoms with E-state index in [2.05, 4.69) is 36.4 Å². The van der Waals surface area contributed by atoms with Crippen molar-refractivity contribution in [1.29, 1.82) is 0 Å². The molecular formula is C35H23ClN2O2. The predicted octanol–water partition coefficient (Wildman–Crippen LogP) is 7.45. The molecule has 1 aliphatic heterocycles. The third-order valence-electron chi connectivity index (χ3n) is 8.92. The van der Waals surface area contributed by atoms with E-state index in [0.29, 0.717) is 16.4 Å². The first-order valence-corrected chi connectivity index (χ1v) is 13.8. The summed E-state index contributed by atoms with van der Waals surface area (Å²) in [5, 5.41) is 2.46. The Labute approximate surface area is 236 Å². The van der Waals surface area contributed by atoms with Gasteiger partial charge in [0.1, 0.15) is 0 Å². The Morgan fingerprint density at radius 2 is 1.52 bits per heavy atom. The number of carbonyl (C=O) groups is 2. The van der Waals surface area contributed by atoms with Crippen molar-refractivity contribution in [3.8, 4) is 0 Å². The maximum Gasteiger partial charge on any atom is 0.239 e. The molecule has 0 unspecified atom stereocenters. The zero-order valence-electron chi connectivity index (χ0n) is 21.4. The number of fused-ring (bicyclic) bond motifs is 1. The molecule has 6 aliphatic rings. The van der Waals surface area contributed by atoms with Crippen LogP contribution in [0.15, 0.2) is 120 Å². The molecular weight excluding hydrogens is 516 g/mol. The Balaban J connectivity index is 1.41. The number of hydrogen-bond donors (Lipinski definition) is 0. The van der Waals surface area contributed by atoms with Crippen molar-refractivity contribution in [3.63, 3.8) is 0 Å². The number of anilines is 1. The number of benzene rings is 5. The molecule has 5 heteroatoms. The molecule has 4 bridgehead atoms. The Morgan fingerprint density at radius 1 is 0.775 bits per heavy atom. The Kier molecular flexibility index (Phi) is 4.95. The van der Waals surface area contributed by atoms with Gasteiger partial charge in [0.15, 0.2) is 0 Å². The van der Waals surface area contributed by atoms with Gasteiger partial charge in [0.05, 0.1) is 28.6 Å². The summed E-state index contributed by atoms with van der Waals surface area (Å²) in [5.41, 5.74) is 4.48. The Bertz CT molecular complexity index is 1890. The fourth-order valence-electron chi connectivity index (χ4n) is 7.30. The van der Waals surface area contributed by atoms with E-state index in [0.717, 1.165) is 33.0 Å². The first-order valence-electron chi connectivity index (χ1n) is 13.4. The third kappa shape index (κ3) is 3.05. The minimum atomic E-state index is -0.939. The highest BCUT2D eigenvalue weighted by atomic mass is 35.5. The fourth-order valence-corrected chi connectivity index (χ4v) is 7.48. The van der Waals surface area contributed by atoms with Crippen LogP contribution in [0.2, 0.25) is 5.02 Å². The summed E-state index contributed by atoms with van der Waals surface area (Å²) >= 11 is 6.29. The van der Waals surface area contributed by atoms with Crippen molar-refractivity contribution < 1.29 is 9.59 Å². The molecule has 0 saturated carbocycles. The number of nitrogens with zero attached hydrogens (tertiary/aromatic N) is 2. The van der Waals surface area contributed by atoms with Crippen LogP contribution in [0.5, 0.6) is 0 Å². The molecule has 0 aromatic heterocycles. The molecule has 1 saturated heterocycles. The van der Waals surface area contributed by atoms with Gasteiger partial charge in [-0.15, -0.1) is 0 Å². The van der Waals surface area contributed by atoms with Crippen LogP contribution in [0.25, 0.3) is 10.8 Å². The highest BCUT2D eigenvalue weighted by Gasteiger charge is 2.65. The van der Waals surface area contributed by atoms with Crippen LogP contribution in [0, 0.1) is 11.8 Å². The lowest BCUT2D eigenvalue weighted by atomic mass is 9.52. The van der Waals surface area contributed by atoms with Crippen LogP contribution in [-0.4, -0.2) is 18.0 Å². The summed E-state index contributed by atoms with van der Waals surface area (Å²) in [7, 11) is 0. The SMILES string of the molecule is O=C1[C@H]2[C@H]3c4ccc(cc4)[C@@](C=Nc4cccc(Cl)c4)(c4ccccc43)[C@H]2C(=O)N1c1cccc2ccccc12. The summed E-state index contributed by atoms with van der Waals surface area (Å²) in [4.78, 5) is 35.7. The van der Waals surface area contributed by atoms with Gasteiger partial charge in [-0.1, -0.05) is 103 Å². The van der Waals surface area contributed by atoms with Gasteiger partial charge in [-0.2, -0.15) is 0 Å². The summed E-state index contributed by atoms with van der Waals surface area (Å²) in [5.74, 6) is -1.80. The van der Waals surface area contributed by atoms with E-state index >= 15 is 0 Å². The van der Waals surface area contributed by atoms with Gasteiger partial charge in [0, 0.05) is 22.5 Å². The zero-order chi connectivity index (χ0) is 27.0. The van der Waals surface area contributed by atoms with Gasteiger partial charge in [-0.3, -0.25) is 14.6 Å². The topological polar surface area (TPSA) is 49.7 Å². The maximum atomic E-state index is 14.8. The minimum Gasteiger partial charge on any atom is -0.274 e. The molecule has 0 radical (unpaired) electrons. The summed E-state index contributed by atoms with van der Waals surface area (Å²) < 4.78 is 0. The average molecular weight is 539 g/mol. The van der Waals surface area contributed by atoms with E-state index in [4.69, 9.17) is 16.6 Å². The number of hydrogen-bond acceptors (Lipinski definition) is 3. The quantitative estimate of drug-likeness (QED) is 0.177. The monoisotopic (exact) mass is 538 g/mol. The van der Waals surface area contributed by atoms with E-state index in [1.807, 2.05) is 79.0 Å². The van der Waals surface area contributed by atoms with Crippen molar-refractivity contribution in [2.45, 2.75) is 11.3 Å². The molecule has 192 valence electrons. The van der Waals surface area contributed by atoms with Crippen molar-refractivity contribution in [1.82, 2.24) is 0 Å². The highest BCUT2D eigenvalue weighted by Crippen LogP contribution is 2.60. The van der Waals surface area contributed by atoms with E-state index in [1.54, 1.807) is 6.07 Å². The number of halogens is 1. The molecule has 1 heterocycles. The molecule has 11 rings (SSSR count).